The largest absolute Gasteiger partial charge is 0.347 e. The summed E-state index contributed by atoms with van der Waals surface area (Å²) in [5, 5.41) is 0. The molecule has 0 aromatic rings. The first-order valence-corrected chi connectivity index (χ1v) is 5.65. The van der Waals surface area contributed by atoms with Gasteiger partial charge < -0.3 is 9.80 Å². The molecule has 0 radical (unpaired) electrons. The zero-order valence-electron chi connectivity index (χ0n) is 12.4. The van der Waals surface area contributed by atoms with Gasteiger partial charge in [-0.25, -0.2) is 0 Å². The minimum Gasteiger partial charge on any atom is -0.347 e. The highest BCUT2D eigenvalue weighted by Crippen LogP contribution is 1.94. The number of nitrogens with zero attached hydrogens (tertiary/aromatic N) is 3. The van der Waals surface area contributed by atoms with Crippen molar-refractivity contribution in [2.45, 2.75) is 32.9 Å². The van der Waals surface area contributed by atoms with Crippen LogP contribution in [0.2, 0.25) is 0 Å². The molecule has 0 aromatic heterocycles. The molecule has 0 fully saturated rings. The summed E-state index contributed by atoms with van der Waals surface area (Å²) in [6, 6.07) is 0.667. The van der Waals surface area contributed by atoms with Crippen LogP contribution in [0, 0.1) is 0 Å². The van der Waals surface area contributed by atoms with Gasteiger partial charge in [0.2, 0.25) is 5.91 Å². The Balaban J connectivity index is 0. The fourth-order valence-corrected chi connectivity index (χ4v) is 0.595. The third-order valence-electron chi connectivity index (χ3n) is 2.61. The average molecular weight is 231 g/mol. The maximum absolute atomic E-state index is 11.2. The van der Waals surface area contributed by atoms with Crippen LogP contribution in [0.15, 0.2) is 0 Å². The summed E-state index contributed by atoms with van der Waals surface area (Å²) in [7, 11) is 11.5. The van der Waals surface area contributed by atoms with Crippen molar-refractivity contribution in [3.63, 3.8) is 0 Å². The van der Waals surface area contributed by atoms with Crippen LogP contribution >= 0.6 is 0 Å². The summed E-state index contributed by atoms with van der Waals surface area (Å²) in [5.41, 5.74) is 0. The molecule has 16 heavy (non-hydrogen) atoms. The van der Waals surface area contributed by atoms with Gasteiger partial charge >= 0.3 is 0 Å². The van der Waals surface area contributed by atoms with E-state index in [1.807, 2.05) is 25.9 Å². The molecule has 0 saturated heterocycles. The fourth-order valence-electron chi connectivity index (χ4n) is 0.595. The zero-order valence-corrected chi connectivity index (χ0v) is 12.4. The Kier molecular flexibility index (Phi) is 9.48. The van der Waals surface area contributed by atoms with Gasteiger partial charge in [0.1, 0.15) is 0 Å². The molecule has 1 unspecified atom stereocenters. The Morgan fingerprint density at radius 2 is 1.12 bits per heavy atom. The number of hydrogen-bond donors (Lipinski definition) is 0. The summed E-state index contributed by atoms with van der Waals surface area (Å²) < 4.78 is 0. The van der Waals surface area contributed by atoms with Crippen LogP contribution in [0.4, 0.5) is 0 Å². The van der Waals surface area contributed by atoms with Gasteiger partial charge in [-0.3, -0.25) is 9.69 Å². The highest BCUT2D eigenvalue weighted by molar-refractivity contribution is 5.80. The quantitative estimate of drug-likeness (QED) is 0.724. The predicted molar refractivity (Wildman–Crippen MR) is 70.7 cm³/mol. The van der Waals surface area contributed by atoms with E-state index in [9.17, 15) is 4.79 Å². The summed E-state index contributed by atoms with van der Waals surface area (Å²) in [6.07, 6.45) is 0. The van der Waals surface area contributed by atoms with Crippen molar-refractivity contribution < 1.29 is 4.79 Å². The fraction of sp³-hybridized carbons (Fsp3) is 0.917. The van der Waals surface area contributed by atoms with E-state index in [2.05, 4.69) is 32.8 Å². The van der Waals surface area contributed by atoms with E-state index in [0.717, 1.165) is 0 Å². The van der Waals surface area contributed by atoms with Crippen LogP contribution in [-0.4, -0.2) is 75.0 Å². The molecule has 4 nitrogen and oxygen atoms in total. The second-order valence-electron chi connectivity index (χ2n) is 4.93. The minimum atomic E-state index is -0.0185. The van der Waals surface area contributed by atoms with Gasteiger partial charge in [-0.15, -0.1) is 0 Å². The van der Waals surface area contributed by atoms with Crippen LogP contribution in [0.3, 0.4) is 0 Å². The minimum absolute atomic E-state index is 0.0185. The molecule has 98 valence electrons. The molecule has 0 aromatic carbocycles. The van der Waals surface area contributed by atoms with E-state index in [1.165, 1.54) is 0 Å². The monoisotopic (exact) mass is 231 g/mol. The number of hydrogen-bond acceptors (Lipinski definition) is 3. The molecular weight excluding hydrogens is 202 g/mol. The van der Waals surface area contributed by atoms with Crippen molar-refractivity contribution in [3.05, 3.63) is 0 Å². The highest BCUT2D eigenvalue weighted by atomic mass is 16.2. The maximum Gasteiger partial charge on any atom is 0.239 e. The molecule has 0 rings (SSSR count). The van der Waals surface area contributed by atoms with Crippen LogP contribution in [-0.2, 0) is 4.79 Å². The first-order chi connectivity index (χ1) is 7.11. The topological polar surface area (TPSA) is 26.8 Å². The number of amides is 1. The van der Waals surface area contributed by atoms with Gasteiger partial charge in [-0.2, -0.15) is 0 Å². The highest BCUT2D eigenvalue weighted by Gasteiger charge is 2.15. The maximum atomic E-state index is 11.2. The molecule has 0 N–H and O–H groups in total. The van der Waals surface area contributed by atoms with E-state index in [0.29, 0.717) is 6.04 Å². The number of carbonyl (C=O) groups excluding carboxylic acids is 1. The molecular formula is C12H29N3O. The molecule has 0 spiro atoms. The van der Waals surface area contributed by atoms with Gasteiger partial charge in [0.05, 0.1) is 6.04 Å². The lowest BCUT2D eigenvalue weighted by molar-refractivity contribution is -0.132. The van der Waals surface area contributed by atoms with Crippen LogP contribution < -0.4 is 0 Å². The predicted octanol–water partition coefficient (Wildman–Crippen LogP) is 0.981. The Morgan fingerprint density at radius 1 is 0.812 bits per heavy atom. The summed E-state index contributed by atoms with van der Waals surface area (Å²) >= 11 is 0. The standard InChI is InChI=1S/C7H16N2O.C5H13N/c1-6(8(2)3)7(10)9(4)5;1-5(2)6(3)4/h6H,1-5H3;5H,1-4H3. The molecule has 0 heterocycles. The Bertz CT molecular complexity index is 183. The average Bonchev–Trinajstić information content (AvgIpc) is 2.15. The molecule has 0 bridgehead atoms. The number of rotatable bonds is 3. The molecule has 1 amide bonds. The zero-order chi connectivity index (χ0) is 13.5. The molecule has 4 heteroatoms. The first-order valence-electron chi connectivity index (χ1n) is 5.65. The number of carbonyl (C=O) groups is 1. The van der Waals surface area contributed by atoms with Gasteiger partial charge in [-0.1, -0.05) is 0 Å². The van der Waals surface area contributed by atoms with E-state index in [-0.39, 0.29) is 11.9 Å². The van der Waals surface area contributed by atoms with Crippen LogP contribution in [0.25, 0.3) is 0 Å². The summed E-state index contributed by atoms with van der Waals surface area (Å²) in [4.78, 5) is 16.8. The summed E-state index contributed by atoms with van der Waals surface area (Å²) in [6.45, 7) is 6.22. The lowest BCUT2D eigenvalue weighted by atomic mass is 10.3. The van der Waals surface area contributed by atoms with Gasteiger partial charge in [0.25, 0.3) is 0 Å². The first kappa shape index (κ1) is 17.8. The van der Waals surface area contributed by atoms with Crippen LogP contribution in [0.5, 0.6) is 0 Å². The van der Waals surface area contributed by atoms with Gasteiger partial charge in [0.15, 0.2) is 0 Å². The van der Waals surface area contributed by atoms with Crippen molar-refractivity contribution in [2.75, 3.05) is 42.3 Å². The van der Waals surface area contributed by atoms with Crippen molar-refractivity contribution in [1.29, 1.82) is 0 Å². The van der Waals surface area contributed by atoms with Crippen molar-refractivity contribution >= 4 is 5.91 Å². The number of likely N-dealkylation sites (N-methyl/N-ethyl adjacent to an activating group) is 2. The molecule has 0 saturated carbocycles. The molecule has 0 aliphatic heterocycles. The lowest BCUT2D eigenvalue weighted by Gasteiger charge is -2.22. The van der Waals surface area contributed by atoms with E-state index in [1.54, 1.807) is 19.0 Å². The van der Waals surface area contributed by atoms with Crippen molar-refractivity contribution in [2.24, 2.45) is 0 Å². The SMILES string of the molecule is CC(C(=O)N(C)C)N(C)C.CC(C)N(C)C. The van der Waals surface area contributed by atoms with Crippen LogP contribution in [0.1, 0.15) is 20.8 Å². The molecule has 1 atom stereocenters. The normalized spacial score (nSPS) is 12.5. The summed E-state index contributed by atoms with van der Waals surface area (Å²) in [5.74, 6) is 0.144. The van der Waals surface area contributed by atoms with Crippen molar-refractivity contribution in [1.82, 2.24) is 14.7 Å². The van der Waals surface area contributed by atoms with E-state index in [4.69, 9.17) is 0 Å². The smallest absolute Gasteiger partial charge is 0.239 e. The Labute approximate surface area is 101 Å². The Morgan fingerprint density at radius 3 is 1.19 bits per heavy atom. The third-order valence-corrected chi connectivity index (χ3v) is 2.61. The van der Waals surface area contributed by atoms with Gasteiger partial charge in [-0.05, 0) is 49.0 Å². The van der Waals surface area contributed by atoms with E-state index >= 15 is 0 Å². The molecule has 0 aliphatic rings. The Hall–Kier alpha value is -0.610. The second kappa shape index (κ2) is 8.53. The van der Waals surface area contributed by atoms with E-state index < -0.39 is 0 Å². The third kappa shape index (κ3) is 8.68. The van der Waals surface area contributed by atoms with Gasteiger partial charge in [0, 0.05) is 20.1 Å². The second-order valence-corrected chi connectivity index (χ2v) is 4.93. The molecule has 0 aliphatic carbocycles. The lowest BCUT2D eigenvalue weighted by Crippen LogP contribution is -2.40. The van der Waals surface area contributed by atoms with Crippen molar-refractivity contribution in [3.8, 4) is 0 Å².